The molecule has 2 aromatic carbocycles. The lowest BCUT2D eigenvalue weighted by molar-refractivity contribution is -0.133. The highest BCUT2D eigenvalue weighted by atomic mass is 32.2. The normalized spacial score (nSPS) is 12.3. The third-order valence-corrected chi connectivity index (χ3v) is 8.00. The minimum atomic E-state index is -3.83. The molecule has 182 valence electrons. The lowest BCUT2D eigenvalue weighted by Gasteiger charge is -2.15. The fourth-order valence-corrected chi connectivity index (χ4v) is 5.43. The van der Waals surface area contributed by atoms with Crippen LogP contribution in [0.4, 0.5) is 0 Å². The van der Waals surface area contributed by atoms with Crippen LogP contribution < -0.4 is 14.9 Å². The van der Waals surface area contributed by atoms with Crippen LogP contribution in [0.3, 0.4) is 0 Å². The zero-order valence-corrected chi connectivity index (χ0v) is 20.2. The Bertz CT molecular complexity index is 1390. The first-order valence-corrected chi connectivity index (χ1v) is 12.7. The van der Waals surface area contributed by atoms with E-state index in [1.54, 1.807) is 36.9 Å². The van der Waals surface area contributed by atoms with Crippen molar-refractivity contribution in [1.82, 2.24) is 30.2 Å². The third-order valence-electron chi connectivity index (χ3n) is 5.09. The van der Waals surface area contributed by atoms with Crippen LogP contribution in [-0.4, -0.2) is 46.6 Å². The first-order valence-electron chi connectivity index (χ1n) is 10.4. The molecule has 0 bridgehead atoms. The van der Waals surface area contributed by atoms with Gasteiger partial charge in [-0.1, -0.05) is 47.7 Å². The van der Waals surface area contributed by atoms with E-state index in [-0.39, 0.29) is 17.2 Å². The van der Waals surface area contributed by atoms with Crippen LogP contribution >= 0.6 is 11.3 Å². The van der Waals surface area contributed by atoms with Crippen LogP contribution in [0.25, 0.3) is 10.6 Å². The lowest BCUT2D eigenvalue weighted by atomic mass is 10.1. The van der Waals surface area contributed by atoms with Crippen LogP contribution in [0, 0.1) is 0 Å². The summed E-state index contributed by atoms with van der Waals surface area (Å²) in [6.07, 6.45) is 2.98. The van der Waals surface area contributed by atoms with Crippen molar-refractivity contribution in [3.63, 3.8) is 0 Å². The number of rotatable bonds is 10. The van der Waals surface area contributed by atoms with E-state index in [1.165, 1.54) is 17.1 Å². The smallest absolute Gasteiger partial charge is 0.268 e. The molecule has 0 aliphatic carbocycles. The Kier molecular flexibility index (Phi) is 7.51. The molecule has 0 aliphatic rings. The number of amides is 1. The summed E-state index contributed by atoms with van der Waals surface area (Å²) in [6, 6.07) is 15.5. The highest BCUT2D eigenvalue weighted by Crippen LogP contribution is 2.27. The summed E-state index contributed by atoms with van der Waals surface area (Å²) in [7, 11) is -2.28. The minimum absolute atomic E-state index is 0.0702. The number of aromatic nitrogens is 4. The SMILES string of the molecule is COc1ccc(CC(C(=O)NO)n2cc(CNS(=O)(=O)c3cnc(-c4ccccc4)s3)nn2)cc1. The lowest BCUT2D eigenvalue weighted by Crippen LogP contribution is -2.32. The molecule has 0 aliphatic heterocycles. The first kappa shape index (κ1) is 24.5. The van der Waals surface area contributed by atoms with Crippen LogP contribution in [-0.2, 0) is 27.8 Å². The van der Waals surface area contributed by atoms with Crippen molar-refractivity contribution in [3.05, 3.63) is 78.2 Å². The molecule has 0 spiro atoms. The Morgan fingerprint density at radius 3 is 2.60 bits per heavy atom. The predicted octanol–water partition coefficient (Wildman–Crippen LogP) is 2.18. The maximum absolute atomic E-state index is 12.7. The highest BCUT2D eigenvalue weighted by molar-refractivity contribution is 7.91. The molecule has 4 rings (SSSR count). The quantitative estimate of drug-likeness (QED) is 0.215. The van der Waals surface area contributed by atoms with Gasteiger partial charge in [0, 0.05) is 12.0 Å². The number of carbonyl (C=O) groups excluding carboxylic acids is 1. The zero-order valence-electron chi connectivity index (χ0n) is 18.5. The van der Waals surface area contributed by atoms with Gasteiger partial charge in [0.25, 0.3) is 15.9 Å². The number of nitrogens with zero attached hydrogens (tertiary/aromatic N) is 4. The van der Waals surface area contributed by atoms with Gasteiger partial charge in [-0.05, 0) is 17.7 Å². The molecule has 1 atom stereocenters. The van der Waals surface area contributed by atoms with Crippen LogP contribution in [0.5, 0.6) is 5.75 Å². The summed E-state index contributed by atoms with van der Waals surface area (Å²) in [6.45, 7) is -0.142. The van der Waals surface area contributed by atoms with Crippen molar-refractivity contribution in [2.24, 2.45) is 0 Å². The molecule has 3 N–H and O–H groups in total. The van der Waals surface area contributed by atoms with E-state index in [2.05, 4.69) is 20.0 Å². The van der Waals surface area contributed by atoms with Crippen molar-refractivity contribution in [3.8, 4) is 16.3 Å². The zero-order chi connectivity index (χ0) is 24.8. The van der Waals surface area contributed by atoms with Gasteiger partial charge in [0.1, 0.15) is 16.8 Å². The summed E-state index contributed by atoms with van der Waals surface area (Å²) in [4.78, 5) is 16.5. The molecule has 1 unspecified atom stereocenters. The number of hydrogen-bond donors (Lipinski definition) is 3. The Morgan fingerprint density at radius 2 is 1.91 bits per heavy atom. The number of nitrogens with one attached hydrogen (secondary N) is 2. The Hall–Kier alpha value is -3.65. The molecule has 4 aromatic rings. The van der Waals surface area contributed by atoms with E-state index in [0.717, 1.165) is 22.5 Å². The molecular weight excluding hydrogens is 492 g/mol. The second-order valence-electron chi connectivity index (χ2n) is 7.41. The predicted molar refractivity (Wildman–Crippen MR) is 127 cm³/mol. The number of thiazole rings is 1. The first-order chi connectivity index (χ1) is 16.9. The number of sulfonamides is 1. The second kappa shape index (κ2) is 10.7. The maximum atomic E-state index is 12.7. The highest BCUT2D eigenvalue weighted by Gasteiger charge is 2.24. The van der Waals surface area contributed by atoms with Crippen LogP contribution in [0.1, 0.15) is 17.3 Å². The van der Waals surface area contributed by atoms with Gasteiger partial charge < -0.3 is 4.74 Å². The second-order valence-corrected chi connectivity index (χ2v) is 10.4. The Labute approximate surface area is 205 Å². The van der Waals surface area contributed by atoms with Gasteiger partial charge in [-0.15, -0.1) is 16.4 Å². The molecule has 0 saturated carbocycles. The molecular formula is C22H22N6O5S2. The summed E-state index contributed by atoms with van der Waals surface area (Å²) in [5.41, 5.74) is 3.57. The molecule has 13 heteroatoms. The van der Waals surface area contributed by atoms with Crippen molar-refractivity contribution in [2.45, 2.75) is 23.2 Å². The maximum Gasteiger partial charge on any atom is 0.268 e. The number of hydroxylamine groups is 1. The average molecular weight is 515 g/mol. The van der Waals surface area contributed by atoms with Crippen molar-refractivity contribution in [2.75, 3.05) is 7.11 Å². The topological polar surface area (TPSA) is 148 Å². The summed E-state index contributed by atoms with van der Waals surface area (Å²) < 4.78 is 34.4. The van der Waals surface area contributed by atoms with Gasteiger partial charge in [-0.3, -0.25) is 10.0 Å². The molecule has 0 radical (unpaired) electrons. The molecule has 35 heavy (non-hydrogen) atoms. The van der Waals surface area contributed by atoms with Crippen molar-refractivity contribution < 1.29 is 23.2 Å². The summed E-state index contributed by atoms with van der Waals surface area (Å²) >= 11 is 1.06. The molecule has 0 fully saturated rings. The van der Waals surface area contributed by atoms with E-state index >= 15 is 0 Å². The fraction of sp³-hybridized carbons (Fsp3) is 0.182. The standard InChI is InChI=1S/C22H22N6O5S2/c1-33-18-9-7-15(8-10-18)11-19(21(29)26-30)28-14-17(25-27-28)12-24-35(31,32)20-13-23-22(34-20)16-5-3-2-4-6-16/h2-10,13-14,19,24,30H,11-12H2,1H3,(H,26,29). The summed E-state index contributed by atoms with van der Waals surface area (Å²) in [5.74, 6) is -0.0139. The molecule has 11 nitrogen and oxygen atoms in total. The molecule has 2 heterocycles. The number of ether oxygens (including phenoxy) is 1. The van der Waals surface area contributed by atoms with Gasteiger partial charge in [-0.2, -0.15) is 0 Å². The summed E-state index contributed by atoms with van der Waals surface area (Å²) in [5, 5.41) is 17.7. The Morgan fingerprint density at radius 1 is 1.17 bits per heavy atom. The minimum Gasteiger partial charge on any atom is -0.497 e. The van der Waals surface area contributed by atoms with Crippen molar-refractivity contribution >= 4 is 27.3 Å². The van der Waals surface area contributed by atoms with Gasteiger partial charge in [0.15, 0.2) is 4.21 Å². The number of methoxy groups -OCH3 is 1. The van der Waals surface area contributed by atoms with Gasteiger partial charge in [0.2, 0.25) is 0 Å². The van der Waals surface area contributed by atoms with E-state index in [9.17, 15) is 18.4 Å². The third kappa shape index (κ3) is 5.89. The van der Waals surface area contributed by atoms with Crippen LogP contribution in [0.15, 0.2) is 71.2 Å². The fourth-order valence-electron chi connectivity index (χ4n) is 3.25. The van der Waals surface area contributed by atoms with Gasteiger partial charge in [0.05, 0.1) is 31.7 Å². The van der Waals surface area contributed by atoms with E-state index in [0.29, 0.717) is 16.5 Å². The largest absolute Gasteiger partial charge is 0.497 e. The average Bonchev–Trinajstić information content (AvgIpc) is 3.57. The van der Waals surface area contributed by atoms with E-state index < -0.39 is 22.0 Å². The molecule has 0 saturated heterocycles. The Balaban J connectivity index is 1.45. The van der Waals surface area contributed by atoms with Gasteiger partial charge >= 0.3 is 0 Å². The number of carbonyl (C=O) groups is 1. The van der Waals surface area contributed by atoms with Crippen molar-refractivity contribution in [1.29, 1.82) is 0 Å². The molecule has 1 amide bonds. The van der Waals surface area contributed by atoms with Crippen LogP contribution in [0.2, 0.25) is 0 Å². The number of hydrogen-bond acceptors (Lipinski definition) is 9. The van der Waals surface area contributed by atoms with E-state index in [1.807, 2.05) is 30.3 Å². The monoisotopic (exact) mass is 514 g/mol. The molecule has 2 aromatic heterocycles. The van der Waals surface area contributed by atoms with Gasteiger partial charge in [-0.25, -0.2) is 28.3 Å². The number of benzene rings is 2. The van der Waals surface area contributed by atoms with E-state index in [4.69, 9.17) is 4.74 Å².